The van der Waals surface area contributed by atoms with Crippen LogP contribution in [0.25, 0.3) is 0 Å². The van der Waals surface area contributed by atoms with Crippen LogP contribution in [-0.2, 0) is 13.2 Å². The number of hydrogen-bond donors (Lipinski definition) is 1. The number of rotatable bonds is 7. The Morgan fingerprint density at radius 2 is 1.83 bits per heavy atom. The smallest absolute Gasteiger partial charge is 0.279 e. The molecule has 0 fully saturated rings. The van der Waals surface area contributed by atoms with Crippen LogP contribution < -0.4 is 10.1 Å². The highest BCUT2D eigenvalue weighted by Gasteiger charge is 2.21. The van der Waals surface area contributed by atoms with Crippen molar-refractivity contribution in [1.82, 2.24) is 14.9 Å². The van der Waals surface area contributed by atoms with E-state index < -0.39 is 0 Å². The van der Waals surface area contributed by atoms with E-state index in [4.69, 9.17) is 9.26 Å². The molecule has 1 N–H and O–H groups in total. The molecule has 2 heterocycles. The summed E-state index contributed by atoms with van der Waals surface area (Å²) in [7, 11) is 0. The molecule has 7 heteroatoms. The van der Waals surface area contributed by atoms with Crippen molar-refractivity contribution in [2.45, 2.75) is 27.0 Å². The van der Waals surface area contributed by atoms with Gasteiger partial charge in [-0.1, -0.05) is 47.6 Å². The van der Waals surface area contributed by atoms with E-state index >= 15 is 0 Å². The van der Waals surface area contributed by atoms with Crippen LogP contribution in [0.2, 0.25) is 0 Å². The van der Waals surface area contributed by atoms with Crippen LogP contribution in [0, 0.1) is 13.8 Å². The summed E-state index contributed by atoms with van der Waals surface area (Å²) < 4.78 is 12.8. The Bertz CT molecular complexity index is 1150. The Morgan fingerprint density at radius 3 is 2.63 bits per heavy atom. The predicted octanol–water partition coefficient (Wildman–Crippen LogP) is 4.37. The molecule has 2 aromatic heterocycles. The van der Waals surface area contributed by atoms with E-state index in [0.717, 1.165) is 0 Å². The average Bonchev–Trinajstić information content (AvgIpc) is 3.35. The molecular formula is C23H22N4O3. The molecule has 4 aromatic rings. The monoisotopic (exact) mass is 402 g/mol. The minimum absolute atomic E-state index is 0.184. The number of nitrogens with zero attached hydrogens (tertiary/aromatic N) is 3. The van der Waals surface area contributed by atoms with Crippen molar-refractivity contribution in [2.75, 3.05) is 5.32 Å². The highest BCUT2D eigenvalue weighted by molar-refractivity contribution is 6.03. The second-order valence-corrected chi connectivity index (χ2v) is 6.95. The molecule has 0 bridgehead atoms. The molecule has 0 saturated carbocycles. The highest BCUT2D eigenvalue weighted by atomic mass is 16.5. The van der Waals surface area contributed by atoms with Gasteiger partial charge in [0.2, 0.25) is 0 Å². The zero-order chi connectivity index (χ0) is 20.9. The Labute approximate surface area is 174 Å². The van der Waals surface area contributed by atoms with E-state index in [-0.39, 0.29) is 18.2 Å². The van der Waals surface area contributed by atoms with Gasteiger partial charge >= 0.3 is 0 Å². The minimum atomic E-state index is -0.389. The lowest BCUT2D eigenvalue weighted by molar-refractivity contribution is 0.101. The van der Waals surface area contributed by atoms with Crippen molar-refractivity contribution in [3.63, 3.8) is 0 Å². The first-order valence-electron chi connectivity index (χ1n) is 9.62. The highest BCUT2D eigenvalue weighted by Crippen LogP contribution is 2.19. The third-order valence-electron chi connectivity index (χ3n) is 4.80. The van der Waals surface area contributed by atoms with Gasteiger partial charge < -0.3 is 14.6 Å². The number of nitrogens with one attached hydrogen (secondary N) is 1. The number of benzene rings is 2. The predicted molar refractivity (Wildman–Crippen MR) is 112 cm³/mol. The van der Waals surface area contributed by atoms with Crippen LogP contribution in [0.4, 0.5) is 5.82 Å². The zero-order valence-electron chi connectivity index (χ0n) is 16.8. The molecule has 0 aliphatic heterocycles. The lowest BCUT2D eigenvalue weighted by Crippen LogP contribution is -2.16. The first kappa shape index (κ1) is 19.4. The number of hydrogen-bond acceptors (Lipinski definition) is 5. The topological polar surface area (TPSA) is 82.2 Å². The molecule has 0 spiro atoms. The van der Waals surface area contributed by atoms with Gasteiger partial charge in [-0.15, -0.1) is 0 Å². The molecule has 2 aromatic carbocycles. The summed E-state index contributed by atoms with van der Waals surface area (Å²) in [6, 6.07) is 19.3. The average molecular weight is 402 g/mol. The molecule has 7 nitrogen and oxygen atoms in total. The van der Waals surface area contributed by atoms with E-state index in [1.165, 1.54) is 11.1 Å². The van der Waals surface area contributed by atoms with Crippen molar-refractivity contribution in [3.8, 4) is 5.75 Å². The van der Waals surface area contributed by atoms with Gasteiger partial charge in [-0.05, 0) is 37.1 Å². The van der Waals surface area contributed by atoms with Gasteiger partial charge in [-0.25, -0.2) is 0 Å². The number of aromatic nitrogens is 3. The second kappa shape index (κ2) is 8.65. The van der Waals surface area contributed by atoms with Gasteiger partial charge in [-0.3, -0.25) is 9.48 Å². The first-order chi connectivity index (χ1) is 14.6. The molecular weight excluding hydrogens is 380 g/mol. The molecule has 0 atom stereocenters. The summed E-state index contributed by atoms with van der Waals surface area (Å²) in [5, 5.41) is 11.1. The number of anilines is 1. The van der Waals surface area contributed by atoms with Crippen molar-refractivity contribution in [3.05, 3.63) is 95.0 Å². The number of carbonyl (C=O) groups is 1. The van der Waals surface area contributed by atoms with E-state index in [0.29, 0.717) is 29.4 Å². The molecule has 4 rings (SSSR count). The molecule has 0 saturated heterocycles. The Balaban J connectivity index is 1.43. The molecule has 0 unspecified atom stereocenters. The van der Waals surface area contributed by atoms with E-state index in [1.54, 1.807) is 17.7 Å². The standard InChI is InChI=1S/C23H22N4O3/c1-16-8-6-7-9-18(16)14-27-13-12-21(25-27)24-23(28)22-20(17(2)30-26-22)15-29-19-10-4-3-5-11-19/h3-13H,14-15H2,1-2H3,(H,24,25,28). The lowest BCUT2D eigenvalue weighted by atomic mass is 10.1. The lowest BCUT2D eigenvalue weighted by Gasteiger charge is -2.07. The van der Waals surface area contributed by atoms with Gasteiger partial charge in [0.1, 0.15) is 18.1 Å². The fourth-order valence-corrected chi connectivity index (χ4v) is 3.07. The van der Waals surface area contributed by atoms with Gasteiger partial charge in [0.15, 0.2) is 11.5 Å². The van der Waals surface area contributed by atoms with Gasteiger partial charge in [0.05, 0.1) is 12.1 Å². The number of carbonyl (C=O) groups excluding carboxylic acids is 1. The quantitative estimate of drug-likeness (QED) is 0.496. The van der Waals surface area contributed by atoms with Crippen molar-refractivity contribution >= 4 is 11.7 Å². The number of ether oxygens (including phenoxy) is 1. The van der Waals surface area contributed by atoms with Crippen LogP contribution >= 0.6 is 0 Å². The van der Waals surface area contributed by atoms with Crippen molar-refractivity contribution in [2.24, 2.45) is 0 Å². The van der Waals surface area contributed by atoms with Crippen LogP contribution in [0.5, 0.6) is 5.75 Å². The summed E-state index contributed by atoms with van der Waals surface area (Å²) in [4.78, 5) is 12.7. The summed E-state index contributed by atoms with van der Waals surface area (Å²) in [5.74, 6) is 1.31. The number of para-hydroxylation sites is 1. The third kappa shape index (κ3) is 4.41. The third-order valence-corrected chi connectivity index (χ3v) is 4.80. The fourth-order valence-electron chi connectivity index (χ4n) is 3.07. The van der Waals surface area contributed by atoms with E-state index in [2.05, 4.69) is 34.6 Å². The van der Waals surface area contributed by atoms with Crippen LogP contribution in [0.1, 0.15) is 32.9 Å². The maximum atomic E-state index is 12.7. The molecule has 30 heavy (non-hydrogen) atoms. The largest absolute Gasteiger partial charge is 0.489 e. The summed E-state index contributed by atoms with van der Waals surface area (Å²) in [6.07, 6.45) is 1.83. The summed E-state index contributed by atoms with van der Waals surface area (Å²) >= 11 is 0. The molecule has 0 aliphatic carbocycles. The van der Waals surface area contributed by atoms with Crippen LogP contribution in [-0.4, -0.2) is 20.8 Å². The first-order valence-corrected chi connectivity index (χ1v) is 9.62. The van der Waals surface area contributed by atoms with Crippen molar-refractivity contribution < 1.29 is 14.1 Å². The Morgan fingerprint density at radius 1 is 1.07 bits per heavy atom. The van der Waals surface area contributed by atoms with Gasteiger partial charge in [-0.2, -0.15) is 5.10 Å². The maximum absolute atomic E-state index is 12.7. The minimum Gasteiger partial charge on any atom is -0.489 e. The second-order valence-electron chi connectivity index (χ2n) is 6.95. The molecule has 0 radical (unpaired) electrons. The molecule has 1 amide bonds. The zero-order valence-corrected chi connectivity index (χ0v) is 16.8. The number of amides is 1. The Hall–Kier alpha value is -3.87. The van der Waals surface area contributed by atoms with Gasteiger partial charge in [0.25, 0.3) is 5.91 Å². The van der Waals surface area contributed by atoms with E-state index in [1.807, 2.05) is 48.7 Å². The summed E-state index contributed by atoms with van der Waals surface area (Å²) in [6.45, 7) is 4.63. The molecule has 152 valence electrons. The number of aryl methyl sites for hydroxylation is 2. The van der Waals surface area contributed by atoms with Crippen molar-refractivity contribution in [1.29, 1.82) is 0 Å². The normalized spacial score (nSPS) is 10.7. The van der Waals surface area contributed by atoms with Crippen LogP contribution in [0.15, 0.2) is 71.4 Å². The van der Waals surface area contributed by atoms with Gasteiger partial charge in [0, 0.05) is 12.3 Å². The Kier molecular flexibility index (Phi) is 5.61. The maximum Gasteiger partial charge on any atom is 0.279 e. The van der Waals surface area contributed by atoms with E-state index in [9.17, 15) is 4.79 Å². The summed E-state index contributed by atoms with van der Waals surface area (Å²) in [5.41, 5.74) is 3.17. The fraction of sp³-hybridized carbons (Fsp3) is 0.174. The molecule has 0 aliphatic rings. The SMILES string of the molecule is Cc1ccccc1Cn1ccc(NC(=O)c2noc(C)c2COc2ccccc2)n1. The van der Waals surface area contributed by atoms with Crippen LogP contribution in [0.3, 0.4) is 0 Å².